The van der Waals surface area contributed by atoms with E-state index in [2.05, 4.69) is 4.74 Å². The second-order valence-electron chi connectivity index (χ2n) is 5.84. The van der Waals surface area contributed by atoms with Crippen LogP contribution in [0.15, 0.2) is 24.3 Å². The summed E-state index contributed by atoms with van der Waals surface area (Å²) < 4.78 is 84.2. The first-order chi connectivity index (χ1) is 9.22. The van der Waals surface area contributed by atoms with Gasteiger partial charge in [-0.3, -0.25) is 0 Å². The molecule has 0 spiro atoms. The summed E-state index contributed by atoms with van der Waals surface area (Å²) in [5.41, 5.74) is -5.83. The van der Waals surface area contributed by atoms with Crippen molar-refractivity contribution >= 4 is 0 Å². The number of rotatable bonds is 2. The second kappa shape index (κ2) is 5.10. The fraction of sp³-hybridized carbons (Fsp3) is 0.571. The summed E-state index contributed by atoms with van der Waals surface area (Å²) >= 11 is 0. The molecular formula is C14H16F6O. The van der Waals surface area contributed by atoms with Gasteiger partial charge in [-0.2, -0.15) is 26.3 Å². The summed E-state index contributed by atoms with van der Waals surface area (Å²) in [4.78, 5) is 0. The van der Waals surface area contributed by atoms with Gasteiger partial charge in [0, 0.05) is 5.41 Å². The lowest BCUT2D eigenvalue weighted by atomic mass is 9.75. The predicted octanol–water partition coefficient (Wildman–Crippen LogP) is 5.28. The average Bonchev–Trinajstić information content (AvgIpc) is 2.22. The number of ether oxygens (including phenoxy) is 1. The van der Waals surface area contributed by atoms with E-state index >= 15 is 0 Å². The maximum absolute atomic E-state index is 13.3. The van der Waals surface area contributed by atoms with Gasteiger partial charge in [0.2, 0.25) is 0 Å². The van der Waals surface area contributed by atoms with Crippen LogP contribution in [0.3, 0.4) is 0 Å². The molecule has 0 amide bonds. The van der Waals surface area contributed by atoms with Gasteiger partial charge in [0.05, 0.1) is 0 Å². The number of hydrogen-bond donors (Lipinski definition) is 0. The van der Waals surface area contributed by atoms with Crippen LogP contribution < -0.4 is 4.74 Å². The van der Waals surface area contributed by atoms with E-state index in [1.165, 1.54) is 12.1 Å². The molecule has 0 N–H and O–H groups in total. The second-order valence-corrected chi connectivity index (χ2v) is 5.84. The fourth-order valence-electron chi connectivity index (χ4n) is 2.06. The van der Waals surface area contributed by atoms with Crippen LogP contribution in [0.2, 0.25) is 0 Å². The molecule has 1 aromatic rings. The Morgan fingerprint density at radius 3 is 1.43 bits per heavy atom. The quantitative estimate of drug-likeness (QED) is 0.675. The third-order valence-corrected chi connectivity index (χ3v) is 3.15. The van der Waals surface area contributed by atoms with Crippen LogP contribution in [0.4, 0.5) is 26.3 Å². The van der Waals surface area contributed by atoms with Crippen LogP contribution in [-0.4, -0.2) is 18.0 Å². The zero-order valence-electron chi connectivity index (χ0n) is 12.0. The molecule has 7 heteroatoms. The molecule has 0 atom stereocenters. The predicted molar refractivity (Wildman–Crippen MR) is 66.1 cm³/mol. The van der Waals surface area contributed by atoms with Gasteiger partial charge in [-0.05, 0) is 19.1 Å². The van der Waals surface area contributed by atoms with Crippen molar-refractivity contribution in [2.24, 2.45) is 5.41 Å². The van der Waals surface area contributed by atoms with E-state index < -0.39 is 29.1 Å². The zero-order valence-corrected chi connectivity index (χ0v) is 12.0. The van der Waals surface area contributed by atoms with Gasteiger partial charge in [-0.15, -0.1) is 0 Å². The molecule has 0 saturated heterocycles. The summed E-state index contributed by atoms with van der Waals surface area (Å²) in [6.07, 6.45) is -11.2. The molecule has 1 nitrogen and oxygen atoms in total. The summed E-state index contributed by atoms with van der Waals surface area (Å²) in [5, 5.41) is 0. The van der Waals surface area contributed by atoms with E-state index in [9.17, 15) is 26.3 Å². The van der Waals surface area contributed by atoms with Crippen molar-refractivity contribution in [3.8, 4) is 5.75 Å². The Bertz CT molecular complexity index is 442. The molecule has 0 aromatic heterocycles. The number of hydrogen-bond acceptors (Lipinski definition) is 1. The van der Waals surface area contributed by atoms with E-state index in [0.717, 1.165) is 32.9 Å². The van der Waals surface area contributed by atoms with Crippen molar-refractivity contribution in [3.05, 3.63) is 29.8 Å². The molecular weight excluding hydrogens is 298 g/mol. The standard InChI is InChI=1S/C14H16F6O/c1-9-5-7-10(8-6-9)21-12(11(2,3)4,13(15,16)17)14(18,19)20/h5-8H,1-4H3. The highest BCUT2D eigenvalue weighted by atomic mass is 19.4. The Labute approximate surface area is 118 Å². The lowest BCUT2D eigenvalue weighted by Gasteiger charge is -2.45. The van der Waals surface area contributed by atoms with E-state index in [-0.39, 0.29) is 0 Å². The van der Waals surface area contributed by atoms with Gasteiger partial charge in [-0.1, -0.05) is 38.5 Å². The van der Waals surface area contributed by atoms with Crippen LogP contribution in [-0.2, 0) is 0 Å². The van der Waals surface area contributed by atoms with Crippen molar-refractivity contribution in [2.75, 3.05) is 0 Å². The zero-order chi connectivity index (χ0) is 16.7. The Kier molecular flexibility index (Phi) is 4.29. The minimum absolute atomic E-state index is 0.481. The Morgan fingerprint density at radius 2 is 1.14 bits per heavy atom. The van der Waals surface area contributed by atoms with Gasteiger partial charge in [0.25, 0.3) is 0 Å². The topological polar surface area (TPSA) is 9.23 Å². The van der Waals surface area contributed by atoms with Crippen molar-refractivity contribution in [3.63, 3.8) is 0 Å². The highest BCUT2D eigenvalue weighted by Gasteiger charge is 2.78. The van der Waals surface area contributed by atoms with Gasteiger partial charge >= 0.3 is 18.0 Å². The van der Waals surface area contributed by atoms with Crippen LogP contribution >= 0.6 is 0 Å². The average molecular weight is 314 g/mol. The van der Waals surface area contributed by atoms with Crippen molar-refractivity contribution in [1.29, 1.82) is 0 Å². The van der Waals surface area contributed by atoms with Gasteiger partial charge in [0.1, 0.15) is 5.75 Å². The summed E-state index contributed by atoms with van der Waals surface area (Å²) in [7, 11) is 0. The molecule has 120 valence electrons. The maximum atomic E-state index is 13.3. The minimum Gasteiger partial charge on any atom is -0.468 e. The fourth-order valence-corrected chi connectivity index (χ4v) is 2.06. The van der Waals surface area contributed by atoms with Crippen molar-refractivity contribution in [2.45, 2.75) is 45.6 Å². The molecule has 0 aliphatic carbocycles. The number of benzene rings is 1. The minimum atomic E-state index is -5.62. The summed E-state index contributed by atoms with van der Waals surface area (Å²) in [6.45, 7) is 4.21. The normalized spacial score (nSPS) is 14.2. The molecule has 1 rings (SSSR count). The maximum Gasteiger partial charge on any atom is 0.438 e. The lowest BCUT2D eigenvalue weighted by molar-refractivity contribution is -0.386. The van der Waals surface area contributed by atoms with Crippen LogP contribution in [0.25, 0.3) is 0 Å². The smallest absolute Gasteiger partial charge is 0.438 e. The van der Waals surface area contributed by atoms with E-state index in [4.69, 9.17) is 0 Å². The Hall–Kier alpha value is -1.40. The number of halogens is 6. The SMILES string of the molecule is Cc1ccc(OC(C(C)(C)C)(C(F)(F)F)C(F)(F)F)cc1. The Balaban J connectivity index is 3.47. The van der Waals surface area contributed by atoms with Gasteiger partial charge < -0.3 is 4.74 Å². The molecule has 0 fully saturated rings. The molecule has 0 aliphatic rings. The summed E-state index contributed by atoms with van der Waals surface area (Å²) in [6, 6.07) is 4.95. The van der Waals surface area contributed by atoms with Crippen molar-refractivity contribution < 1.29 is 31.1 Å². The molecule has 0 heterocycles. The first-order valence-electron chi connectivity index (χ1n) is 6.11. The monoisotopic (exact) mass is 314 g/mol. The number of alkyl halides is 6. The van der Waals surface area contributed by atoms with Crippen molar-refractivity contribution in [1.82, 2.24) is 0 Å². The first kappa shape index (κ1) is 17.7. The molecule has 0 saturated carbocycles. The third kappa shape index (κ3) is 3.11. The van der Waals surface area contributed by atoms with Gasteiger partial charge in [-0.25, -0.2) is 0 Å². The largest absolute Gasteiger partial charge is 0.468 e. The van der Waals surface area contributed by atoms with E-state index in [0.29, 0.717) is 5.56 Å². The molecule has 0 aliphatic heterocycles. The van der Waals surface area contributed by atoms with Crippen LogP contribution in [0.5, 0.6) is 5.75 Å². The summed E-state index contributed by atoms with van der Waals surface area (Å²) in [5.74, 6) is -0.481. The molecule has 1 aromatic carbocycles. The molecule has 0 bridgehead atoms. The highest BCUT2D eigenvalue weighted by Crippen LogP contribution is 2.55. The highest BCUT2D eigenvalue weighted by molar-refractivity contribution is 5.28. The van der Waals surface area contributed by atoms with Crippen LogP contribution in [0, 0.1) is 12.3 Å². The third-order valence-electron chi connectivity index (χ3n) is 3.15. The van der Waals surface area contributed by atoms with Gasteiger partial charge in [0.15, 0.2) is 0 Å². The van der Waals surface area contributed by atoms with Crippen LogP contribution in [0.1, 0.15) is 26.3 Å². The number of aryl methyl sites for hydroxylation is 1. The molecule has 0 radical (unpaired) electrons. The molecule has 21 heavy (non-hydrogen) atoms. The van der Waals surface area contributed by atoms with E-state index in [1.54, 1.807) is 6.92 Å². The lowest BCUT2D eigenvalue weighted by Crippen LogP contribution is -2.68. The Morgan fingerprint density at radius 1 is 0.762 bits per heavy atom. The van der Waals surface area contributed by atoms with E-state index in [1.807, 2.05) is 0 Å². The first-order valence-corrected chi connectivity index (χ1v) is 6.11. The molecule has 0 unspecified atom stereocenters.